The molecule has 7 nitrogen and oxygen atoms in total. The number of aromatic nitrogens is 1. The summed E-state index contributed by atoms with van der Waals surface area (Å²) in [7, 11) is 0.715. The molecule has 2 aliphatic rings. The van der Waals surface area contributed by atoms with Gasteiger partial charge in [-0.05, 0) is 29.7 Å². The Balaban J connectivity index is 1.72. The van der Waals surface area contributed by atoms with Crippen molar-refractivity contribution in [2.45, 2.75) is 18.7 Å². The molecule has 0 N–H and O–H groups in total. The van der Waals surface area contributed by atoms with Gasteiger partial charge in [0.1, 0.15) is 10.6 Å². The summed E-state index contributed by atoms with van der Waals surface area (Å²) < 4.78 is 22.2. The first-order valence-electron chi connectivity index (χ1n) is 9.55. The van der Waals surface area contributed by atoms with Gasteiger partial charge < -0.3 is 9.47 Å². The van der Waals surface area contributed by atoms with Gasteiger partial charge in [-0.25, -0.2) is 14.7 Å². The Hall–Kier alpha value is -2.49. The van der Waals surface area contributed by atoms with Crippen LogP contribution >= 0.6 is 22.9 Å². The summed E-state index contributed by atoms with van der Waals surface area (Å²) in [5.41, 5.74) is 3.23. The van der Waals surface area contributed by atoms with Crippen LogP contribution in [0.25, 0.3) is 21.3 Å². The largest absolute Gasteiger partial charge is 0.497 e. The first kappa shape index (κ1) is 20.4. The minimum Gasteiger partial charge on any atom is -0.497 e. The number of fused-ring (bicyclic) bond motifs is 3. The molecule has 0 spiro atoms. The highest BCUT2D eigenvalue weighted by atomic mass is 35.5. The number of carbonyl (C=O) groups excluding carboxylic acids is 2. The molecular weight excluding hydrogens is 460 g/mol. The summed E-state index contributed by atoms with van der Waals surface area (Å²) in [5, 5.41) is 1.34. The lowest BCUT2D eigenvalue weighted by Gasteiger charge is -2.17. The number of cyclic esters (lactones) is 1. The fraction of sp³-hybridized carbons (Fsp3) is 0.286. The minimum absolute atomic E-state index is 0.0654. The van der Waals surface area contributed by atoms with Gasteiger partial charge in [0.15, 0.2) is 6.61 Å². The number of methoxy groups -OCH3 is 1. The SMILES string of the molecule is COc1ccc(-c2c(Cl)c(CN3C(=O)COC3=O)nc3sc4c(c23)CCS(=O)C4)cc1. The molecule has 0 aliphatic carbocycles. The van der Waals surface area contributed by atoms with E-state index in [4.69, 9.17) is 26.1 Å². The molecule has 10 heteroatoms. The molecule has 0 saturated carbocycles. The molecule has 1 atom stereocenters. The topological polar surface area (TPSA) is 85.8 Å². The second-order valence-corrected chi connectivity index (χ2v) is 10.3. The molecule has 1 unspecified atom stereocenters. The predicted molar refractivity (Wildman–Crippen MR) is 119 cm³/mol. The van der Waals surface area contributed by atoms with Gasteiger partial charge in [-0.2, -0.15) is 0 Å². The van der Waals surface area contributed by atoms with Crippen LogP contribution in [0.1, 0.15) is 16.1 Å². The van der Waals surface area contributed by atoms with Gasteiger partial charge in [-0.3, -0.25) is 9.00 Å². The van der Waals surface area contributed by atoms with E-state index in [0.717, 1.165) is 42.4 Å². The molecule has 2 amide bonds. The fourth-order valence-corrected chi connectivity index (χ4v) is 6.91. The highest BCUT2D eigenvalue weighted by molar-refractivity contribution is 7.84. The van der Waals surface area contributed by atoms with Crippen molar-refractivity contribution in [1.29, 1.82) is 0 Å². The molecule has 0 radical (unpaired) electrons. The summed E-state index contributed by atoms with van der Waals surface area (Å²) in [6.07, 6.45) is -0.00539. The summed E-state index contributed by atoms with van der Waals surface area (Å²) in [6.45, 7) is -0.340. The maximum absolute atomic E-state index is 12.1. The zero-order valence-electron chi connectivity index (χ0n) is 16.5. The molecule has 31 heavy (non-hydrogen) atoms. The van der Waals surface area contributed by atoms with Crippen molar-refractivity contribution in [3.63, 3.8) is 0 Å². The maximum atomic E-state index is 12.1. The van der Waals surface area contributed by atoms with E-state index < -0.39 is 22.8 Å². The number of hydrogen-bond donors (Lipinski definition) is 0. The highest BCUT2D eigenvalue weighted by Gasteiger charge is 2.33. The molecule has 1 saturated heterocycles. The van der Waals surface area contributed by atoms with Gasteiger partial charge in [-0.1, -0.05) is 23.7 Å². The highest BCUT2D eigenvalue weighted by Crippen LogP contribution is 2.44. The van der Waals surface area contributed by atoms with Crippen molar-refractivity contribution < 1.29 is 23.3 Å². The first-order valence-corrected chi connectivity index (χ1v) is 12.2. The Morgan fingerprint density at radius 2 is 2.06 bits per heavy atom. The number of imide groups is 1. The van der Waals surface area contributed by atoms with Crippen molar-refractivity contribution in [2.24, 2.45) is 0 Å². The molecule has 3 aromatic rings. The lowest BCUT2D eigenvalue weighted by molar-refractivity contribution is -0.126. The number of amides is 2. The quantitative estimate of drug-likeness (QED) is 0.567. The normalized spacial score (nSPS) is 18.4. The molecule has 0 bridgehead atoms. The summed E-state index contributed by atoms with van der Waals surface area (Å²) >= 11 is 8.35. The number of rotatable bonds is 4. The average Bonchev–Trinajstić information content (AvgIpc) is 3.28. The third-order valence-corrected chi connectivity index (χ3v) is 8.42. The molecule has 1 aromatic carbocycles. The second-order valence-electron chi connectivity index (χ2n) is 7.23. The van der Waals surface area contributed by atoms with Gasteiger partial charge >= 0.3 is 6.09 Å². The van der Waals surface area contributed by atoms with Gasteiger partial charge in [0.25, 0.3) is 5.91 Å². The van der Waals surface area contributed by atoms with Crippen LogP contribution in [-0.2, 0) is 39.0 Å². The monoisotopic (exact) mass is 476 g/mol. The summed E-state index contributed by atoms with van der Waals surface area (Å²) in [5.74, 6) is 1.41. The van der Waals surface area contributed by atoms with Crippen molar-refractivity contribution in [3.05, 3.63) is 45.4 Å². The lowest BCUT2D eigenvalue weighted by Crippen LogP contribution is -2.29. The van der Waals surface area contributed by atoms with E-state index in [-0.39, 0.29) is 13.2 Å². The summed E-state index contributed by atoms with van der Waals surface area (Å²) in [6, 6.07) is 7.55. The number of halogens is 1. The predicted octanol–water partition coefficient (Wildman–Crippen LogP) is 3.91. The van der Waals surface area contributed by atoms with E-state index in [1.54, 1.807) is 7.11 Å². The van der Waals surface area contributed by atoms with Crippen molar-refractivity contribution >= 4 is 56.0 Å². The molecule has 2 aliphatic heterocycles. The van der Waals surface area contributed by atoms with E-state index in [1.807, 2.05) is 24.3 Å². The lowest BCUT2D eigenvalue weighted by atomic mass is 9.97. The van der Waals surface area contributed by atoms with Crippen LogP contribution in [0.15, 0.2) is 24.3 Å². The molecule has 5 rings (SSSR count). The Kier molecular flexibility index (Phi) is 5.19. The molecule has 2 aromatic heterocycles. The molecular formula is C21H17ClN2O5S2. The number of benzene rings is 1. The molecule has 1 fully saturated rings. The van der Waals surface area contributed by atoms with E-state index in [2.05, 4.69) is 0 Å². The average molecular weight is 477 g/mol. The van der Waals surface area contributed by atoms with Gasteiger partial charge in [0.2, 0.25) is 0 Å². The van der Waals surface area contributed by atoms with Gasteiger partial charge in [0, 0.05) is 32.4 Å². The number of pyridine rings is 1. The van der Waals surface area contributed by atoms with E-state index in [1.165, 1.54) is 11.3 Å². The second kappa shape index (κ2) is 7.89. The van der Waals surface area contributed by atoms with Crippen LogP contribution < -0.4 is 4.74 Å². The van der Waals surface area contributed by atoms with E-state index in [9.17, 15) is 13.8 Å². The number of ether oxygens (including phenoxy) is 2. The minimum atomic E-state index is -0.889. The smallest absolute Gasteiger partial charge is 0.417 e. The van der Waals surface area contributed by atoms with E-state index >= 15 is 0 Å². The fourth-order valence-electron chi connectivity index (χ4n) is 3.89. The number of thiophene rings is 1. The third kappa shape index (κ3) is 3.50. The number of nitrogens with zero attached hydrogens (tertiary/aromatic N) is 2. The van der Waals surface area contributed by atoms with Crippen molar-refractivity contribution in [2.75, 3.05) is 19.5 Å². The number of hydrogen-bond acceptors (Lipinski definition) is 7. The first-order chi connectivity index (χ1) is 15.0. The van der Waals surface area contributed by atoms with Crippen LogP contribution in [0.2, 0.25) is 5.02 Å². The van der Waals surface area contributed by atoms with E-state index in [0.29, 0.717) is 28.6 Å². The van der Waals surface area contributed by atoms with Crippen molar-refractivity contribution in [3.8, 4) is 16.9 Å². The molecule has 160 valence electrons. The van der Waals surface area contributed by atoms with Crippen LogP contribution in [0.3, 0.4) is 0 Å². The standard InChI is InChI=1S/C21H17ClN2O5S2/c1-28-12-4-2-11(3-5-12)17-18-13-6-7-31(27)10-15(13)30-20(18)23-14(19(17)22)8-24-16(25)9-29-21(24)26/h2-5H,6-10H2,1H3. The number of aryl methyl sites for hydroxylation is 1. The Bertz CT molecular complexity index is 1240. The zero-order valence-corrected chi connectivity index (χ0v) is 18.9. The third-order valence-electron chi connectivity index (χ3n) is 5.43. The Labute approximate surface area is 189 Å². The van der Waals surface area contributed by atoms with Gasteiger partial charge in [0.05, 0.1) is 30.1 Å². The van der Waals surface area contributed by atoms with Crippen LogP contribution in [0, 0.1) is 0 Å². The van der Waals surface area contributed by atoms with Crippen LogP contribution in [-0.4, -0.2) is 45.6 Å². The van der Waals surface area contributed by atoms with Crippen LogP contribution in [0.4, 0.5) is 4.79 Å². The summed E-state index contributed by atoms with van der Waals surface area (Å²) in [4.78, 5) is 31.5. The maximum Gasteiger partial charge on any atom is 0.417 e. The van der Waals surface area contributed by atoms with Gasteiger partial charge in [-0.15, -0.1) is 11.3 Å². The van der Waals surface area contributed by atoms with Crippen LogP contribution in [0.5, 0.6) is 5.75 Å². The Morgan fingerprint density at radius 1 is 1.29 bits per heavy atom. The number of carbonyl (C=O) groups is 2. The molecule has 4 heterocycles. The Morgan fingerprint density at radius 3 is 2.74 bits per heavy atom. The zero-order chi connectivity index (χ0) is 21.7. The van der Waals surface area contributed by atoms with Crippen molar-refractivity contribution in [1.82, 2.24) is 9.88 Å².